The van der Waals surface area contributed by atoms with Gasteiger partial charge in [-0.1, -0.05) is 25.5 Å². The van der Waals surface area contributed by atoms with E-state index in [4.69, 9.17) is 15.0 Å². The van der Waals surface area contributed by atoms with Gasteiger partial charge in [-0.15, -0.1) is 0 Å². The van der Waals surface area contributed by atoms with E-state index in [0.717, 1.165) is 18.4 Å². The van der Waals surface area contributed by atoms with Crippen molar-refractivity contribution in [3.05, 3.63) is 29.8 Å². The summed E-state index contributed by atoms with van der Waals surface area (Å²) < 4.78 is 0. The second-order valence-electron chi connectivity index (χ2n) is 3.73. The summed E-state index contributed by atoms with van der Waals surface area (Å²) in [7, 11) is -2.01. The first-order valence-electron chi connectivity index (χ1n) is 5.33. The van der Waals surface area contributed by atoms with Gasteiger partial charge in [-0.05, 0) is 30.0 Å². The maximum Gasteiger partial charge on any atom is 0.199 e. The topological polar surface area (TPSA) is 72.7 Å². The molecule has 0 aliphatic rings. The van der Waals surface area contributed by atoms with Crippen LogP contribution < -0.4 is 10.8 Å². The lowest BCUT2D eigenvalue weighted by Gasteiger charge is -2.16. The monoisotopic (exact) mass is 243 g/mol. The second kappa shape index (κ2) is 6.94. The Hall–Kier alpha value is -0.510. The standard InChI is InChI=1S/C11H18NO3P/c1-2-3-10(8-12-13)9-4-6-11(7-5-9)16(14)15/h4-7,10,12-15H,2-3,8H2,1H3. The third-order valence-electron chi connectivity index (χ3n) is 2.57. The Labute approximate surface area is 96.8 Å². The summed E-state index contributed by atoms with van der Waals surface area (Å²) in [5.41, 5.74) is 3.29. The van der Waals surface area contributed by atoms with Crippen molar-refractivity contribution in [1.29, 1.82) is 0 Å². The fourth-order valence-corrected chi connectivity index (χ4v) is 2.14. The SMILES string of the molecule is CCCC(CNO)c1ccc(P(O)O)cc1. The van der Waals surface area contributed by atoms with Crippen molar-refractivity contribution in [2.24, 2.45) is 0 Å². The summed E-state index contributed by atoms with van der Waals surface area (Å²) in [6, 6.07) is 7.21. The Bertz CT molecular complexity index is 297. The summed E-state index contributed by atoms with van der Waals surface area (Å²) >= 11 is 0. The van der Waals surface area contributed by atoms with Crippen LogP contribution in [0.15, 0.2) is 24.3 Å². The number of nitrogens with one attached hydrogen (secondary N) is 1. The zero-order chi connectivity index (χ0) is 12.0. The lowest BCUT2D eigenvalue weighted by Crippen LogP contribution is -2.18. The van der Waals surface area contributed by atoms with Gasteiger partial charge in [0.2, 0.25) is 0 Å². The maximum atomic E-state index is 9.03. The van der Waals surface area contributed by atoms with E-state index in [1.54, 1.807) is 12.1 Å². The van der Waals surface area contributed by atoms with Gasteiger partial charge >= 0.3 is 0 Å². The number of hydrogen-bond acceptors (Lipinski definition) is 4. The molecule has 0 aliphatic heterocycles. The van der Waals surface area contributed by atoms with E-state index in [-0.39, 0.29) is 5.92 Å². The molecule has 0 radical (unpaired) electrons. The Kier molecular flexibility index (Phi) is 5.88. The van der Waals surface area contributed by atoms with Gasteiger partial charge in [0.15, 0.2) is 8.38 Å². The van der Waals surface area contributed by atoms with Crippen molar-refractivity contribution in [3.63, 3.8) is 0 Å². The molecule has 0 fully saturated rings. The van der Waals surface area contributed by atoms with E-state index in [1.807, 2.05) is 12.1 Å². The lowest BCUT2D eigenvalue weighted by molar-refractivity contribution is 0.158. The first-order chi connectivity index (χ1) is 7.69. The molecule has 0 saturated carbocycles. The molecule has 16 heavy (non-hydrogen) atoms. The quantitative estimate of drug-likeness (QED) is 0.451. The van der Waals surface area contributed by atoms with Crippen molar-refractivity contribution < 1.29 is 15.0 Å². The van der Waals surface area contributed by atoms with Gasteiger partial charge < -0.3 is 15.0 Å². The van der Waals surface area contributed by atoms with Crippen LogP contribution in [0, 0.1) is 0 Å². The van der Waals surface area contributed by atoms with Gasteiger partial charge in [-0.2, -0.15) is 0 Å². The molecule has 1 rings (SSSR count). The molecule has 4 nitrogen and oxygen atoms in total. The van der Waals surface area contributed by atoms with E-state index >= 15 is 0 Å². The Balaban J connectivity index is 2.76. The average molecular weight is 243 g/mol. The molecule has 0 amide bonds. The summed E-state index contributed by atoms with van der Waals surface area (Å²) in [6.07, 6.45) is 2.03. The molecule has 0 bridgehead atoms. The molecule has 4 N–H and O–H groups in total. The van der Waals surface area contributed by atoms with Gasteiger partial charge in [0.05, 0.1) is 0 Å². The third kappa shape index (κ3) is 3.81. The van der Waals surface area contributed by atoms with Crippen LogP contribution in [-0.4, -0.2) is 21.5 Å². The molecule has 0 aliphatic carbocycles. The van der Waals surface area contributed by atoms with Crippen LogP contribution in [-0.2, 0) is 0 Å². The van der Waals surface area contributed by atoms with Gasteiger partial charge in [0.1, 0.15) is 0 Å². The first kappa shape index (κ1) is 13.6. The van der Waals surface area contributed by atoms with Crippen LogP contribution in [0.25, 0.3) is 0 Å². The smallest absolute Gasteiger partial charge is 0.199 e. The molecule has 0 aromatic heterocycles. The minimum atomic E-state index is -2.01. The van der Waals surface area contributed by atoms with E-state index in [0.29, 0.717) is 11.8 Å². The fourth-order valence-electron chi connectivity index (χ4n) is 1.73. The second-order valence-corrected chi connectivity index (χ2v) is 4.82. The minimum absolute atomic E-state index is 0.257. The molecule has 90 valence electrons. The van der Waals surface area contributed by atoms with Crippen molar-refractivity contribution in [2.45, 2.75) is 25.7 Å². The van der Waals surface area contributed by atoms with Crippen LogP contribution >= 0.6 is 8.38 Å². The molecule has 0 spiro atoms. The third-order valence-corrected chi connectivity index (χ3v) is 3.33. The molecule has 1 aromatic carbocycles. The van der Waals surface area contributed by atoms with Crippen molar-refractivity contribution in [1.82, 2.24) is 5.48 Å². The van der Waals surface area contributed by atoms with Crippen LogP contribution in [0.3, 0.4) is 0 Å². The zero-order valence-corrected chi connectivity index (χ0v) is 10.2. The van der Waals surface area contributed by atoms with Gasteiger partial charge in [0.25, 0.3) is 0 Å². The van der Waals surface area contributed by atoms with E-state index in [2.05, 4.69) is 12.4 Å². The number of hydroxylamine groups is 1. The van der Waals surface area contributed by atoms with Crippen LogP contribution in [0.5, 0.6) is 0 Å². The van der Waals surface area contributed by atoms with Crippen LogP contribution in [0.2, 0.25) is 0 Å². The highest BCUT2D eigenvalue weighted by Gasteiger charge is 2.11. The first-order valence-corrected chi connectivity index (χ1v) is 6.58. The van der Waals surface area contributed by atoms with Gasteiger partial charge in [-0.25, -0.2) is 5.48 Å². The van der Waals surface area contributed by atoms with Gasteiger partial charge in [-0.3, -0.25) is 0 Å². The van der Waals surface area contributed by atoms with Crippen LogP contribution in [0.1, 0.15) is 31.2 Å². The van der Waals surface area contributed by atoms with Crippen molar-refractivity contribution in [2.75, 3.05) is 6.54 Å². The van der Waals surface area contributed by atoms with Crippen molar-refractivity contribution in [3.8, 4) is 0 Å². The molecule has 1 aromatic rings. The number of rotatable bonds is 6. The molecule has 0 heterocycles. The molecular weight excluding hydrogens is 225 g/mol. The molecule has 0 saturated heterocycles. The van der Waals surface area contributed by atoms with Crippen LogP contribution in [0.4, 0.5) is 0 Å². The van der Waals surface area contributed by atoms with E-state index in [9.17, 15) is 0 Å². The summed E-state index contributed by atoms with van der Waals surface area (Å²) in [5, 5.41) is 9.29. The summed E-state index contributed by atoms with van der Waals surface area (Å²) in [5.74, 6) is 0.257. The summed E-state index contributed by atoms with van der Waals surface area (Å²) in [4.78, 5) is 18.1. The Morgan fingerprint density at radius 1 is 1.25 bits per heavy atom. The lowest BCUT2D eigenvalue weighted by atomic mass is 9.95. The Morgan fingerprint density at radius 3 is 2.31 bits per heavy atom. The molecule has 1 atom stereocenters. The highest BCUT2D eigenvalue weighted by Crippen LogP contribution is 2.25. The molecular formula is C11H18NO3P. The molecule has 5 heteroatoms. The number of benzene rings is 1. The number of hydrogen-bond donors (Lipinski definition) is 4. The average Bonchev–Trinajstić information content (AvgIpc) is 2.29. The zero-order valence-electron chi connectivity index (χ0n) is 9.30. The highest BCUT2D eigenvalue weighted by atomic mass is 31.2. The van der Waals surface area contributed by atoms with E-state index < -0.39 is 8.38 Å². The van der Waals surface area contributed by atoms with Gasteiger partial charge in [0, 0.05) is 11.8 Å². The van der Waals surface area contributed by atoms with E-state index in [1.165, 1.54) is 0 Å². The Morgan fingerprint density at radius 2 is 1.88 bits per heavy atom. The maximum absolute atomic E-state index is 9.03. The minimum Gasteiger partial charge on any atom is -0.347 e. The molecule has 1 unspecified atom stereocenters. The fraction of sp³-hybridized carbons (Fsp3) is 0.455. The summed E-state index contributed by atoms with van der Waals surface area (Å²) in [6.45, 7) is 2.61. The predicted molar refractivity (Wildman–Crippen MR) is 64.9 cm³/mol. The van der Waals surface area contributed by atoms with Crippen molar-refractivity contribution >= 4 is 13.7 Å². The largest absolute Gasteiger partial charge is 0.347 e. The predicted octanol–water partition coefficient (Wildman–Crippen LogP) is 1.47. The normalized spacial score (nSPS) is 13.1. The highest BCUT2D eigenvalue weighted by molar-refractivity contribution is 7.54.